The summed E-state index contributed by atoms with van der Waals surface area (Å²) in [6.07, 6.45) is 0. The lowest BCUT2D eigenvalue weighted by Crippen LogP contribution is -2.41. The van der Waals surface area contributed by atoms with Gasteiger partial charge in [0, 0.05) is 25.7 Å². The summed E-state index contributed by atoms with van der Waals surface area (Å²) in [7, 11) is 0. The number of ether oxygens (including phenoxy) is 1. The minimum atomic E-state index is 0.709. The molecular formula is C11H24N2O. The third kappa shape index (κ3) is 3.23. The molecule has 3 nitrogen and oxygen atoms in total. The summed E-state index contributed by atoms with van der Waals surface area (Å²) in [5, 5.41) is 3.44. The van der Waals surface area contributed by atoms with E-state index in [1.165, 1.54) is 0 Å². The van der Waals surface area contributed by atoms with Crippen LogP contribution in [0.2, 0.25) is 0 Å². The van der Waals surface area contributed by atoms with Gasteiger partial charge in [-0.05, 0) is 25.9 Å². The van der Waals surface area contributed by atoms with Crippen molar-refractivity contribution >= 4 is 0 Å². The molecule has 0 aliphatic carbocycles. The minimum absolute atomic E-state index is 0.709. The van der Waals surface area contributed by atoms with Crippen molar-refractivity contribution in [2.75, 3.05) is 39.4 Å². The molecule has 0 radical (unpaired) electrons. The molecule has 1 N–H and O–H groups in total. The lowest BCUT2D eigenvalue weighted by Gasteiger charge is -2.29. The van der Waals surface area contributed by atoms with Crippen LogP contribution in [0.5, 0.6) is 0 Å². The predicted molar refractivity (Wildman–Crippen MR) is 59.6 cm³/mol. The second kappa shape index (κ2) is 6.38. The van der Waals surface area contributed by atoms with Crippen molar-refractivity contribution in [2.45, 2.75) is 26.8 Å². The van der Waals surface area contributed by atoms with Crippen molar-refractivity contribution in [3.8, 4) is 0 Å². The fourth-order valence-electron chi connectivity index (χ4n) is 2.17. The number of likely N-dealkylation sites (N-methyl/N-ethyl adjacent to an activating group) is 1. The summed E-state index contributed by atoms with van der Waals surface area (Å²) in [5.74, 6) is 0.775. The van der Waals surface area contributed by atoms with E-state index in [4.69, 9.17) is 4.74 Å². The minimum Gasteiger partial charge on any atom is -0.380 e. The van der Waals surface area contributed by atoms with Gasteiger partial charge in [-0.1, -0.05) is 13.8 Å². The van der Waals surface area contributed by atoms with Crippen molar-refractivity contribution in [1.29, 1.82) is 0 Å². The molecule has 2 unspecified atom stereocenters. The van der Waals surface area contributed by atoms with Gasteiger partial charge >= 0.3 is 0 Å². The van der Waals surface area contributed by atoms with E-state index < -0.39 is 0 Å². The third-order valence-corrected chi connectivity index (χ3v) is 3.08. The van der Waals surface area contributed by atoms with Crippen LogP contribution in [0, 0.1) is 5.92 Å². The Morgan fingerprint density at radius 2 is 2.14 bits per heavy atom. The molecule has 2 atom stereocenters. The molecule has 84 valence electrons. The lowest BCUT2D eigenvalue weighted by atomic mass is 10.0. The summed E-state index contributed by atoms with van der Waals surface area (Å²) < 4.78 is 5.40. The molecule has 1 aliphatic rings. The average Bonchev–Trinajstić information content (AvgIpc) is 2.60. The predicted octanol–water partition coefficient (Wildman–Crippen LogP) is 0.953. The average molecular weight is 200 g/mol. The standard InChI is InChI=1S/C11H24N2O/c1-4-13(6-7-14-5-2)11-9-12-8-10(11)3/h10-12H,4-9H2,1-3H3. The molecule has 0 aromatic rings. The Morgan fingerprint density at radius 1 is 1.36 bits per heavy atom. The lowest BCUT2D eigenvalue weighted by molar-refractivity contribution is 0.0921. The molecule has 3 heteroatoms. The van der Waals surface area contributed by atoms with Crippen LogP contribution in [0.3, 0.4) is 0 Å². The molecule has 0 aromatic carbocycles. The van der Waals surface area contributed by atoms with E-state index in [-0.39, 0.29) is 0 Å². The Kier molecular flexibility index (Phi) is 5.45. The first kappa shape index (κ1) is 12.0. The van der Waals surface area contributed by atoms with Gasteiger partial charge in [-0.3, -0.25) is 4.90 Å². The molecule has 0 saturated carbocycles. The zero-order valence-corrected chi connectivity index (χ0v) is 9.75. The fourth-order valence-corrected chi connectivity index (χ4v) is 2.17. The number of nitrogens with one attached hydrogen (secondary N) is 1. The first-order valence-electron chi connectivity index (χ1n) is 5.82. The monoisotopic (exact) mass is 200 g/mol. The van der Waals surface area contributed by atoms with Gasteiger partial charge in [0.25, 0.3) is 0 Å². The Hall–Kier alpha value is -0.120. The van der Waals surface area contributed by atoms with Crippen LogP contribution in [-0.2, 0) is 4.74 Å². The highest BCUT2D eigenvalue weighted by Gasteiger charge is 2.27. The topological polar surface area (TPSA) is 24.5 Å². The molecule has 14 heavy (non-hydrogen) atoms. The largest absolute Gasteiger partial charge is 0.380 e. The Morgan fingerprint density at radius 3 is 2.64 bits per heavy atom. The number of nitrogens with zero attached hydrogens (tertiary/aromatic N) is 1. The molecule has 1 fully saturated rings. The van der Waals surface area contributed by atoms with Crippen LogP contribution in [0.25, 0.3) is 0 Å². The van der Waals surface area contributed by atoms with Crippen molar-refractivity contribution in [3.05, 3.63) is 0 Å². The molecule has 0 aromatic heterocycles. The van der Waals surface area contributed by atoms with Gasteiger partial charge in [-0.15, -0.1) is 0 Å². The normalized spacial score (nSPS) is 27.4. The SMILES string of the molecule is CCOCCN(CC)C1CNCC1C. The first-order valence-corrected chi connectivity index (χ1v) is 5.82. The van der Waals surface area contributed by atoms with Crippen molar-refractivity contribution < 1.29 is 4.74 Å². The molecule has 1 saturated heterocycles. The molecule has 1 heterocycles. The van der Waals surface area contributed by atoms with Crippen molar-refractivity contribution in [1.82, 2.24) is 10.2 Å². The summed E-state index contributed by atoms with van der Waals surface area (Å²) >= 11 is 0. The van der Waals surface area contributed by atoms with Gasteiger partial charge in [-0.2, -0.15) is 0 Å². The molecular weight excluding hydrogens is 176 g/mol. The molecule has 1 aliphatic heterocycles. The van der Waals surface area contributed by atoms with Crippen molar-refractivity contribution in [3.63, 3.8) is 0 Å². The van der Waals surface area contributed by atoms with Crippen LogP contribution >= 0.6 is 0 Å². The molecule has 0 spiro atoms. The Balaban J connectivity index is 2.29. The van der Waals surface area contributed by atoms with E-state index in [0.29, 0.717) is 6.04 Å². The van der Waals surface area contributed by atoms with Crippen LogP contribution in [0.1, 0.15) is 20.8 Å². The summed E-state index contributed by atoms with van der Waals surface area (Å²) in [4.78, 5) is 2.53. The van der Waals surface area contributed by atoms with Gasteiger partial charge in [-0.25, -0.2) is 0 Å². The zero-order valence-electron chi connectivity index (χ0n) is 9.75. The number of hydrogen-bond acceptors (Lipinski definition) is 3. The second-order valence-electron chi connectivity index (χ2n) is 4.03. The zero-order chi connectivity index (χ0) is 10.4. The number of hydrogen-bond donors (Lipinski definition) is 1. The molecule has 0 amide bonds. The van der Waals surface area contributed by atoms with E-state index in [1.54, 1.807) is 0 Å². The van der Waals surface area contributed by atoms with Gasteiger partial charge in [0.15, 0.2) is 0 Å². The van der Waals surface area contributed by atoms with E-state index in [1.807, 2.05) is 0 Å². The Labute approximate surface area is 87.8 Å². The van der Waals surface area contributed by atoms with Crippen molar-refractivity contribution in [2.24, 2.45) is 5.92 Å². The fraction of sp³-hybridized carbons (Fsp3) is 1.00. The van der Waals surface area contributed by atoms with Crippen LogP contribution in [-0.4, -0.2) is 50.3 Å². The van der Waals surface area contributed by atoms with E-state index >= 15 is 0 Å². The maximum Gasteiger partial charge on any atom is 0.0593 e. The van der Waals surface area contributed by atoms with Crippen LogP contribution in [0.4, 0.5) is 0 Å². The maximum absolute atomic E-state index is 5.40. The maximum atomic E-state index is 5.40. The van der Waals surface area contributed by atoms with Gasteiger partial charge in [0.2, 0.25) is 0 Å². The highest BCUT2D eigenvalue weighted by molar-refractivity contribution is 4.85. The van der Waals surface area contributed by atoms with E-state index in [0.717, 1.165) is 45.3 Å². The van der Waals surface area contributed by atoms with Gasteiger partial charge in [0.05, 0.1) is 6.61 Å². The van der Waals surface area contributed by atoms with Crippen LogP contribution in [0.15, 0.2) is 0 Å². The van der Waals surface area contributed by atoms with E-state index in [2.05, 4.69) is 31.0 Å². The summed E-state index contributed by atoms with van der Waals surface area (Å²) in [5.41, 5.74) is 0. The number of rotatable bonds is 6. The van der Waals surface area contributed by atoms with Crippen LogP contribution < -0.4 is 5.32 Å². The Bertz CT molecular complexity index is 152. The summed E-state index contributed by atoms with van der Waals surface area (Å²) in [6, 6.07) is 0.709. The quantitative estimate of drug-likeness (QED) is 0.646. The smallest absolute Gasteiger partial charge is 0.0593 e. The molecule has 0 bridgehead atoms. The van der Waals surface area contributed by atoms with Gasteiger partial charge in [0.1, 0.15) is 0 Å². The highest BCUT2D eigenvalue weighted by Crippen LogP contribution is 2.14. The second-order valence-corrected chi connectivity index (χ2v) is 4.03. The third-order valence-electron chi connectivity index (χ3n) is 3.08. The molecule has 1 rings (SSSR count). The summed E-state index contributed by atoms with van der Waals surface area (Å²) in [6.45, 7) is 12.8. The first-order chi connectivity index (χ1) is 6.79. The van der Waals surface area contributed by atoms with Gasteiger partial charge < -0.3 is 10.1 Å². The highest BCUT2D eigenvalue weighted by atomic mass is 16.5. The van der Waals surface area contributed by atoms with E-state index in [9.17, 15) is 0 Å².